The van der Waals surface area contributed by atoms with E-state index >= 15 is 0 Å². The summed E-state index contributed by atoms with van der Waals surface area (Å²) in [5.41, 5.74) is 0.384. The van der Waals surface area contributed by atoms with Crippen molar-refractivity contribution in [1.29, 1.82) is 0 Å². The van der Waals surface area contributed by atoms with Crippen molar-refractivity contribution >= 4 is 17.5 Å². The Morgan fingerprint density at radius 3 is 2.25 bits per heavy atom. The summed E-state index contributed by atoms with van der Waals surface area (Å²) in [5.74, 6) is 2.55. The summed E-state index contributed by atoms with van der Waals surface area (Å²) in [6, 6.07) is 0.268. The first-order chi connectivity index (χ1) is 9.34. The minimum Gasteiger partial charge on any atom is -0.338 e. The largest absolute Gasteiger partial charge is 0.338 e. The molecule has 2 nitrogen and oxygen atoms in total. The van der Waals surface area contributed by atoms with E-state index in [1.165, 1.54) is 12.8 Å². The van der Waals surface area contributed by atoms with Gasteiger partial charge in [0.2, 0.25) is 5.91 Å². The normalized spacial score (nSPS) is 35.4. The first-order valence-electron chi connectivity index (χ1n) is 8.21. The van der Waals surface area contributed by atoms with E-state index in [9.17, 15) is 4.79 Å². The maximum Gasteiger partial charge on any atom is 0.225 e. The number of amides is 1. The fourth-order valence-corrected chi connectivity index (χ4v) is 4.43. The number of carbonyl (C=O) groups excluding carboxylic acids is 1. The van der Waals surface area contributed by atoms with Crippen molar-refractivity contribution in [3.63, 3.8) is 0 Å². The van der Waals surface area contributed by atoms with Gasteiger partial charge in [0.25, 0.3) is 0 Å². The maximum absolute atomic E-state index is 12.7. The molecule has 1 saturated carbocycles. The minimum atomic E-state index is 0.254. The number of nitrogens with zero attached hydrogens (tertiary/aromatic N) is 1. The van der Waals surface area contributed by atoms with Crippen molar-refractivity contribution < 1.29 is 4.79 Å². The lowest BCUT2D eigenvalue weighted by Crippen LogP contribution is -2.43. The lowest BCUT2D eigenvalue weighted by Gasteiger charge is -2.38. The molecule has 0 bridgehead atoms. The van der Waals surface area contributed by atoms with Crippen molar-refractivity contribution in [2.45, 2.75) is 65.8 Å². The Hall–Kier alpha value is -0.240. The number of alkyl halides is 1. The van der Waals surface area contributed by atoms with E-state index in [0.717, 1.165) is 31.7 Å². The van der Waals surface area contributed by atoms with Crippen molar-refractivity contribution in [2.75, 3.05) is 12.4 Å². The van der Waals surface area contributed by atoms with E-state index in [0.29, 0.717) is 23.1 Å². The van der Waals surface area contributed by atoms with Gasteiger partial charge < -0.3 is 4.90 Å². The number of hydrogen-bond acceptors (Lipinski definition) is 1. The van der Waals surface area contributed by atoms with Crippen LogP contribution in [0.2, 0.25) is 0 Å². The Morgan fingerprint density at radius 2 is 1.75 bits per heavy atom. The molecule has 1 amide bonds. The predicted molar refractivity (Wildman–Crippen MR) is 84.9 cm³/mol. The second-order valence-electron chi connectivity index (χ2n) is 7.93. The Morgan fingerprint density at radius 1 is 1.15 bits per heavy atom. The highest BCUT2D eigenvalue weighted by Gasteiger charge is 2.39. The van der Waals surface area contributed by atoms with Crippen LogP contribution in [0.4, 0.5) is 0 Å². The first-order valence-corrected chi connectivity index (χ1v) is 8.74. The lowest BCUT2D eigenvalue weighted by atomic mass is 9.69. The van der Waals surface area contributed by atoms with Crippen LogP contribution in [-0.4, -0.2) is 29.3 Å². The van der Waals surface area contributed by atoms with Crippen molar-refractivity contribution in [2.24, 2.45) is 23.2 Å². The van der Waals surface area contributed by atoms with Gasteiger partial charge >= 0.3 is 0 Å². The van der Waals surface area contributed by atoms with Crippen LogP contribution in [0.3, 0.4) is 0 Å². The Kier molecular flexibility index (Phi) is 5.05. The summed E-state index contributed by atoms with van der Waals surface area (Å²) in [6.07, 6.45) is 5.66. The zero-order chi connectivity index (χ0) is 14.9. The molecule has 0 aromatic heterocycles. The summed E-state index contributed by atoms with van der Waals surface area (Å²) >= 11 is 6.07. The Labute approximate surface area is 129 Å². The summed E-state index contributed by atoms with van der Waals surface area (Å²) in [5, 5.41) is 0. The summed E-state index contributed by atoms with van der Waals surface area (Å²) in [6.45, 7) is 10.1. The minimum absolute atomic E-state index is 0.254. The second-order valence-corrected chi connectivity index (χ2v) is 8.24. The van der Waals surface area contributed by atoms with Gasteiger partial charge in [-0.3, -0.25) is 4.79 Å². The molecule has 1 saturated heterocycles. The van der Waals surface area contributed by atoms with Crippen LogP contribution in [0, 0.1) is 23.2 Å². The molecule has 20 heavy (non-hydrogen) atoms. The number of hydrogen-bond donors (Lipinski definition) is 0. The van der Waals surface area contributed by atoms with Crippen LogP contribution in [0.25, 0.3) is 0 Å². The van der Waals surface area contributed by atoms with Crippen LogP contribution >= 0.6 is 11.6 Å². The summed E-state index contributed by atoms with van der Waals surface area (Å²) in [4.78, 5) is 14.8. The summed E-state index contributed by atoms with van der Waals surface area (Å²) < 4.78 is 0. The van der Waals surface area contributed by atoms with Gasteiger partial charge in [0.15, 0.2) is 0 Å². The van der Waals surface area contributed by atoms with E-state index in [1.54, 1.807) is 0 Å². The molecule has 3 heteroatoms. The van der Waals surface area contributed by atoms with Crippen LogP contribution in [0.15, 0.2) is 0 Å². The van der Waals surface area contributed by atoms with Gasteiger partial charge in [0.05, 0.1) is 0 Å². The third kappa shape index (κ3) is 3.32. The zero-order valence-corrected chi connectivity index (χ0v) is 14.2. The highest BCUT2D eigenvalue weighted by atomic mass is 35.5. The van der Waals surface area contributed by atoms with E-state index < -0.39 is 0 Å². The van der Waals surface area contributed by atoms with Crippen LogP contribution in [0.1, 0.15) is 59.8 Å². The molecule has 1 heterocycles. The molecule has 1 aliphatic carbocycles. The van der Waals surface area contributed by atoms with Gasteiger partial charge in [-0.15, -0.1) is 11.6 Å². The third-order valence-corrected chi connectivity index (χ3v) is 5.94. The molecule has 2 unspecified atom stereocenters. The molecule has 0 aromatic carbocycles. The number of carbonyl (C=O) groups is 1. The molecule has 0 spiro atoms. The van der Waals surface area contributed by atoms with Crippen molar-refractivity contribution in [3.05, 3.63) is 0 Å². The fourth-order valence-electron chi connectivity index (χ4n) is 3.96. The maximum atomic E-state index is 12.7. The van der Waals surface area contributed by atoms with Gasteiger partial charge in [-0.2, -0.15) is 0 Å². The quantitative estimate of drug-likeness (QED) is 0.696. The van der Waals surface area contributed by atoms with E-state index in [2.05, 4.69) is 32.6 Å². The van der Waals surface area contributed by atoms with Crippen LogP contribution < -0.4 is 0 Å². The van der Waals surface area contributed by atoms with Crippen LogP contribution in [0.5, 0.6) is 0 Å². The molecule has 0 N–H and O–H groups in total. The number of likely N-dealkylation sites (tertiary alicyclic amines) is 1. The van der Waals surface area contributed by atoms with Gasteiger partial charge in [-0.05, 0) is 49.4 Å². The molecule has 2 atom stereocenters. The SMILES string of the molecule is CC1CCN(C(=O)C2CCC(C(C)(C)C)CC2)C1CCl. The van der Waals surface area contributed by atoms with E-state index in [-0.39, 0.29) is 12.0 Å². The number of rotatable bonds is 2. The number of halogens is 1. The standard InChI is InChI=1S/C17H30ClNO/c1-12-9-10-19(15(12)11-18)16(20)13-5-7-14(8-6-13)17(2,3)4/h12-15H,5-11H2,1-4H3. The van der Waals surface area contributed by atoms with Crippen molar-refractivity contribution in [3.8, 4) is 0 Å². The molecule has 2 aliphatic rings. The molecule has 1 aliphatic heterocycles. The fraction of sp³-hybridized carbons (Fsp3) is 0.941. The molecule has 2 rings (SSSR count). The van der Waals surface area contributed by atoms with E-state index in [1.807, 2.05) is 0 Å². The Balaban J connectivity index is 1.92. The molecule has 0 aromatic rings. The summed E-state index contributed by atoms with van der Waals surface area (Å²) in [7, 11) is 0. The first kappa shape index (κ1) is 16.1. The average molecular weight is 300 g/mol. The molecular weight excluding hydrogens is 270 g/mol. The highest BCUT2D eigenvalue weighted by Crippen LogP contribution is 2.41. The highest BCUT2D eigenvalue weighted by molar-refractivity contribution is 6.18. The Bertz CT molecular complexity index is 341. The monoisotopic (exact) mass is 299 g/mol. The second kappa shape index (κ2) is 6.25. The third-order valence-electron chi connectivity index (χ3n) is 5.62. The van der Waals surface area contributed by atoms with Gasteiger partial charge in [-0.1, -0.05) is 27.7 Å². The molecule has 0 radical (unpaired) electrons. The molecular formula is C17H30ClNO. The predicted octanol–water partition coefficient (Wildman–Crippen LogP) is 4.31. The van der Waals surface area contributed by atoms with Crippen LogP contribution in [-0.2, 0) is 4.79 Å². The average Bonchev–Trinajstić information content (AvgIpc) is 2.78. The van der Waals surface area contributed by atoms with E-state index in [4.69, 9.17) is 11.6 Å². The topological polar surface area (TPSA) is 20.3 Å². The van der Waals surface area contributed by atoms with Gasteiger partial charge in [-0.25, -0.2) is 0 Å². The molecule has 2 fully saturated rings. The zero-order valence-electron chi connectivity index (χ0n) is 13.5. The van der Waals surface area contributed by atoms with Gasteiger partial charge in [0, 0.05) is 24.4 Å². The van der Waals surface area contributed by atoms with Gasteiger partial charge in [0.1, 0.15) is 0 Å². The lowest BCUT2D eigenvalue weighted by molar-refractivity contribution is -0.138. The smallest absolute Gasteiger partial charge is 0.225 e. The van der Waals surface area contributed by atoms with Crippen molar-refractivity contribution in [1.82, 2.24) is 4.90 Å². The molecule has 116 valence electrons.